The molecule has 1 aliphatic heterocycles. The van der Waals surface area contributed by atoms with E-state index in [-0.39, 0.29) is 0 Å². The van der Waals surface area contributed by atoms with Crippen molar-refractivity contribution in [3.05, 3.63) is 35.9 Å². The van der Waals surface area contributed by atoms with Gasteiger partial charge in [0, 0.05) is 10.2 Å². The van der Waals surface area contributed by atoms with Gasteiger partial charge in [-0.15, -0.1) is 20.3 Å². The van der Waals surface area contributed by atoms with Crippen molar-refractivity contribution in [1.82, 2.24) is 0 Å². The van der Waals surface area contributed by atoms with E-state index in [1.807, 2.05) is 0 Å². The molecule has 0 N–H and O–H groups in total. The Labute approximate surface area is 79.9 Å². The Hall–Kier alpha value is -0.0000000000000000555. The minimum absolute atomic E-state index is 0.793. The second-order valence-electron chi connectivity index (χ2n) is 3.15. The molecule has 64 valence electrons. The summed E-state index contributed by atoms with van der Waals surface area (Å²) in [4.78, 5) is 0.793. The van der Waals surface area contributed by atoms with Crippen LogP contribution in [0.15, 0.2) is 30.3 Å². The van der Waals surface area contributed by atoms with Gasteiger partial charge >= 0.3 is 0 Å². The van der Waals surface area contributed by atoms with Gasteiger partial charge in [0.2, 0.25) is 0 Å². The highest BCUT2D eigenvalue weighted by Gasteiger charge is 2.22. The third kappa shape index (κ3) is 1.84. The fraction of sp³-hybridized carbons (Fsp3) is 0.400. The smallest absolute Gasteiger partial charge is 0.0469 e. The number of hydrogen-bond donors (Lipinski definition) is 0. The molecule has 1 aliphatic rings. The monoisotopic (exact) mass is 196 g/mol. The van der Waals surface area contributed by atoms with Crippen LogP contribution in [-0.4, -0.2) is 11.4 Å². The highest BCUT2D eigenvalue weighted by Crippen LogP contribution is 2.53. The lowest BCUT2D eigenvalue weighted by Gasteiger charge is -2.08. The molecule has 2 heteroatoms. The first kappa shape index (κ1) is 8.59. The van der Waals surface area contributed by atoms with Crippen LogP contribution in [0.2, 0.25) is 0 Å². The molecule has 1 aromatic rings. The Morgan fingerprint density at radius 3 is 2.67 bits per heavy atom. The van der Waals surface area contributed by atoms with E-state index in [9.17, 15) is 0 Å². The molecule has 1 fully saturated rings. The molecular formula is C10H13PS. The van der Waals surface area contributed by atoms with Crippen molar-refractivity contribution in [2.24, 2.45) is 0 Å². The number of benzene rings is 1. The summed E-state index contributed by atoms with van der Waals surface area (Å²) < 4.78 is 0. The van der Waals surface area contributed by atoms with Crippen molar-refractivity contribution in [2.75, 3.05) is 6.16 Å². The molecular weight excluding hydrogens is 183 g/mol. The van der Waals surface area contributed by atoms with Crippen LogP contribution in [0.25, 0.3) is 0 Å². The van der Waals surface area contributed by atoms with Gasteiger partial charge in [-0.2, -0.15) is 0 Å². The molecule has 0 aliphatic carbocycles. The van der Waals surface area contributed by atoms with Gasteiger partial charge in [-0.3, -0.25) is 0 Å². The normalized spacial score (nSPS) is 31.1. The number of hydrogen-bond acceptors (Lipinski definition) is 1. The highest BCUT2D eigenvalue weighted by molar-refractivity contribution is 8.06. The van der Waals surface area contributed by atoms with Gasteiger partial charge in [0.05, 0.1) is 0 Å². The lowest BCUT2D eigenvalue weighted by molar-refractivity contribution is 1.14. The maximum Gasteiger partial charge on any atom is 0.0469 e. The molecule has 1 aromatic carbocycles. The summed E-state index contributed by atoms with van der Waals surface area (Å²) in [6, 6.07) is 10.9. The molecule has 2 rings (SSSR count). The summed E-state index contributed by atoms with van der Waals surface area (Å²) in [5, 5.41) is 0.869. The van der Waals surface area contributed by atoms with Crippen molar-refractivity contribution in [3.63, 3.8) is 0 Å². The first-order valence-corrected chi connectivity index (χ1v) is 6.53. The molecule has 1 heterocycles. The molecule has 0 nitrogen and oxygen atoms in total. The van der Waals surface area contributed by atoms with Crippen molar-refractivity contribution >= 4 is 20.3 Å². The second kappa shape index (κ2) is 3.81. The Morgan fingerprint density at radius 2 is 2.08 bits per heavy atom. The maximum atomic E-state index is 2.33. The predicted octanol–water partition coefficient (Wildman–Crippen LogP) is 3.50. The topological polar surface area (TPSA) is 0 Å². The zero-order valence-corrected chi connectivity index (χ0v) is 8.97. The molecule has 3 atom stereocenters. The standard InChI is InChI=1S/C10H13PS/c1-8-7-11-10(12-8)9-5-3-2-4-6-9/h2-6,8,10-11H,7H2,1H3/t8-,10-/m1/s1. The van der Waals surface area contributed by atoms with Gasteiger partial charge < -0.3 is 0 Å². The van der Waals surface area contributed by atoms with Crippen LogP contribution in [0.1, 0.15) is 17.5 Å². The predicted molar refractivity (Wildman–Crippen MR) is 59.4 cm³/mol. The van der Waals surface area contributed by atoms with E-state index in [2.05, 4.69) is 49.0 Å². The van der Waals surface area contributed by atoms with Crippen LogP contribution in [0, 0.1) is 0 Å². The molecule has 1 unspecified atom stereocenters. The van der Waals surface area contributed by atoms with E-state index in [4.69, 9.17) is 0 Å². The summed E-state index contributed by atoms with van der Waals surface area (Å²) in [7, 11) is 1.12. The van der Waals surface area contributed by atoms with E-state index < -0.39 is 0 Å². The van der Waals surface area contributed by atoms with E-state index in [0.29, 0.717) is 0 Å². The second-order valence-corrected chi connectivity index (χ2v) is 6.51. The SMILES string of the molecule is C[C@@H]1CP[C@@H](c2ccccc2)S1. The molecule has 1 saturated heterocycles. The molecule has 0 aromatic heterocycles. The molecule has 0 spiro atoms. The zero-order chi connectivity index (χ0) is 8.39. The van der Waals surface area contributed by atoms with Crippen LogP contribution < -0.4 is 0 Å². The minimum atomic E-state index is 0.793. The van der Waals surface area contributed by atoms with E-state index in [0.717, 1.165) is 18.8 Å². The highest BCUT2D eigenvalue weighted by atomic mass is 32.2. The summed E-state index contributed by atoms with van der Waals surface area (Å²) >= 11 is 2.13. The Morgan fingerprint density at radius 1 is 1.33 bits per heavy atom. The van der Waals surface area contributed by atoms with Gasteiger partial charge in [-0.1, -0.05) is 37.3 Å². The average molecular weight is 196 g/mol. The molecule has 0 saturated carbocycles. The Kier molecular flexibility index (Phi) is 2.73. The zero-order valence-electron chi connectivity index (χ0n) is 7.16. The number of rotatable bonds is 1. The summed E-state index contributed by atoms with van der Waals surface area (Å²) in [6.07, 6.45) is 1.41. The Balaban J connectivity index is 2.11. The van der Waals surface area contributed by atoms with Gasteiger partial charge in [0.25, 0.3) is 0 Å². The van der Waals surface area contributed by atoms with Gasteiger partial charge in [-0.25, -0.2) is 0 Å². The summed E-state index contributed by atoms with van der Waals surface area (Å²) in [6.45, 7) is 2.33. The van der Waals surface area contributed by atoms with E-state index in [1.165, 1.54) is 11.7 Å². The van der Waals surface area contributed by atoms with Gasteiger partial charge in [-0.05, 0) is 11.7 Å². The molecule has 0 amide bonds. The molecule has 12 heavy (non-hydrogen) atoms. The third-order valence-electron chi connectivity index (χ3n) is 2.06. The number of thioether (sulfide) groups is 1. The van der Waals surface area contributed by atoms with Crippen molar-refractivity contribution in [3.8, 4) is 0 Å². The first-order chi connectivity index (χ1) is 5.86. The minimum Gasteiger partial charge on any atom is -0.146 e. The van der Waals surface area contributed by atoms with Crippen molar-refractivity contribution < 1.29 is 0 Å². The summed E-state index contributed by atoms with van der Waals surface area (Å²) in [5.41, 5.74) is 1.52. The van der Waals surface area contributed by atoms with Crippen LogP contribution in [0.5, 0.6) is 0 Å². The van der Waals surface area contributed by atoms with Gasteiger partial charge in [0.15, 0.2) is 0 Å². The molecule has 0 radical (unpaired) electrons. The maximum absolute atomic E-state index is 2.33. The van der Waals surface area contributed by atoms with E-state index in [1.54, 1.807) is 0 Å². The Bertz CT molecular complexity index is 247. The molecule has 0 bridgehead atoms. The summed E-state index contributed by atoms with van der Waals surface area (Å²) in [5.74, 6) is 0. The van der Waals surface area contributed by atoms with Gasteiger partial charge in [0.1, 0.15) is 0 Å². The average Bonchev–Trinajstić information content (AvgIpc) is 2.54. The van der Waals surface area contributed by atoms with Crippen LogP contribution in [0.4, 0.5) is 0 Å². The van der Waals surface area contributed by atoms with Crippen LogP contribution in [-0.2, 0) is 0 Å². The van der Waals surface area contributed by atoms with E-state index >= 15 is 0 Å². The third-order valence-corrected chi connectivity index (χ3v) is 5.99. The fourth-order valence-electron chi connectivity index (χ4n) is 1.43. The largest absolute Gasteiger partial charge is 0.146 e. The van der Waals surface area contributed by atoms with Crippen molar-refractivity contribution in [2.45, 2.75) is 17.2 Å². The van der Waals surface area contributed by atoms with Crippen molar-refractivity contribution in [1.29, 1.82) is 0 Å². The lowest BCUT2D eigenvalue weighted by atomic mass is 10.2. The fourth-order valence-corrected chi connectivity index (χ4v) is 5.22. The quantitative estimate of drug-likeness (QED) is 0.619. The first-order valence-electron chi connectivity index (χ1n) is 4.30. The van der Waals surface area contributed by atoms with Crippen LogP contribution in [0.3, 0.4) is 0 Å². The van der Waals surface area contributed by atoms with Crippen LogP contribution >= 0.6 is 20.3 Å². The lowest BCUT2D eigenvalue weighted by Crippen LogP contribution is -1.89.